The highest BCUT2D eigenvalue weighted by molar-refractivity contribution is 6.36. The van der Waals surface area contributed by atoms with Crippen LogP contribution in [0.25, 0.3) is 10.9 Å². The quantitative estimate of drug-likeness (QED) is 0.469. The largest absolute Gasteiger partial charge is 0.496 e. The van der Waals surface area contributed by atoms with E-state index in [9.17, 15) is 19.2 Å². The van der Waals surface area contributed by atoms with Gasteiger partial charge in [-0.3, -0.25) is 19.2 Å². The van der Waals surface area contributed by atoms with Crippen LogP contribution >= 0.6 is 11.6 Å². The van der Waals surface area contributed by atoms with E-state index in [2.05, 4.69) is 5.32 Å². The fourth-order valence-corrected chi connectivity index (χ4v) is 7.36. The molecule has 0 saturated heterocycles. The van der Waals surface area contributed by atoms with Crippen LogP contribution in [-0.4, -0.2) is 41.9 Å². The third kappa shape index (κ3) is 3.35. The molecule has 1 N–H and O–H groups in total. The summed E-state index contributed by atoms with van der Waals surface area (Å²) in [6.07, 6.45) is 1.79. The molecule has 1 aliphatic carbocycles. The molecule has 0 saturated carbocycles. The second-order valence-corrected chi connectivity index (χ2v) is 11.5. The van der Waals surface area contributed by atoms with Crippen molar-refractivity contribution in [2.45, 2.75) is 50.7 Å². The van der Waals surface area contributed by atoms with E-state index in [1.165, 1.54) is 20.3 Å². The molecule has 41 heavy (non-hydrogen) atoms. The fourth-order valence-electron chi connectivity index (χ4n) is 7.09. The SMILES string of the molecule is COc1cc(OC)c2c(c1Cl)O[C@@]1(C(=O)C3=C(C[C@H]1C)NC(=O)C[C@H]3c1cc3cccc4c3n(c1=O)CCC4)C2=O. The summed E-state index contributed by atoms with van der Waals surface area (Å²) in [5.74, 6) is -2.48. The molecular formula is C31H27ClN2O7. The molecule has 0 bridgehead atoms. The van der Waals surface area contributed by atoms with Crippen molar-refractivity contribution in [3.05, 3.63) is 73.7 Å². The van der Waals surface area contributed by atoms with Crippen LogP contribution in [0.3, 0.4) is 0 Å². The van der Waals surface area contributed by atoms with Crippen LogP contribution in [0.1, 0.15) is 53.6 Å². The van der Waals surface area contributed by atoms with Crippen LogP contribution in [0.15, 0.2) is 46.4 Å². The molecule has 0 unspecified atom stereocenters. The fraction of sp³-hybridized carbons (Fsp3) is 0.355. The van der Waals surface area contributed by atoms with Gasteiger partial charge < -0.3 is 24.1 Å². The molecule has 3 aromatic rings. The van der Waals surface area contributed by atoms with Gasteiger partial charge in [0.05, 0.1) is 19.7 Å². The van der Waals surface area contributed by atoms with Gasteiger partial charge in [-0.2, -0.15) is 0 Å². The third-order valence-electron chi connectivity index (χ3n) is 8.99. The van der Waals surface area contributed by atoms with Crippen molar-refractivity contribution in [2.24, 2.45) is 5.92 Å². The summed E-state index contributed by atoms with van der Waals surface area (Å²) in [5, 5.41) is 3.79. The molecule has 1 aromatic heterocycles. The van der Waals surface area contributed by atoms with Crippen molar-refractivity contribution in [3.63, 3.8) is 0 Å². The Morgan fingerprint density at radius 3 is 2.59 bits per heavy atom. The summed E-state index contributed by atoms with van der Waals surface area (Å²) in [4.78, 5) is 55.7. The van der Waals surface area contributed by atoms with E-state index in [0.717, 1.165) is 29.3 Å². The number of amides is 1. The van der Waals surface area contributed by atoms with Gasteiger partial charge in [0.25, 0.3) is 5.56 Å². The van der Waals surface area contributed by atoms with Gasteiger partial charge in [-0.05, 0) is 36.3 Å². The Morgan fingerprint density at radius 2 is 1.83 bits per heavy atom. The maximum absolute atomic E-state index is 14.6. The standard InChI is InChI=1S/C31H27ClN2O7/c1-14-10-19-23(28(36)31(14)29(37)24-20(39-2)13-21(40-3)25(32)27(24)41-31)17(12-22(35)33-19)18-11-16-7-4-6-15-8-5-9-34(26(15)16)30(18)38/h4,6-7,11,13-14,17H,5,8-10,12H2,1-3H3,(H,33,35)/t14-,17+,31+/m1/s1. The van der Waals surface area contributed by atoms with Crippen molar-refractivity contribution < 1.29 is 28.6 Å². The Hall–Kier alpha value is -4.11. The van der Waals surface area contributed by atoms with E-state index in [4.69, 9.17) is 25.8 Å². The maximum atomic E-state index is 14.6. The molecule has 3 atom stereocenters. The van der Waals surface area contributed by atoms with Crippen molar-refractivity contribution in [2.75, 3.05) is 14.2 Å². The Bertz CT molecular complexity index is 1820. The minimum Gasteiger partial charge on any atom is -0.496 e. The molecule has 4 heterocycles. The number of nitrogens with zero attached hydrogens (tertiary/aromatic N) is 1. The number of hydrogen-bond acceptors (Lipinski definition) is 7. The molecule has 3 aliphatic heterocycles. The van der Waals surface area contributed by atoms with Gasteiger partial charge in [-0.25, -0.2) is 0 Å². The summed E-state index contributed by atoms with van der Waals surface area (Å²) < 4.78 is 18.9. The average molecular weight is 575 g/mol. The second kappa shape index (κ2) is 8.94. The van der Waals surface area contributed by atoms with Crippen LogP contribution in [0.2, 0.25) is 5.02 Å². The molecule has 0 fully saturated rings. The smallest absolute Gasteiger partial charge is 0.254 e. The molecule has 0 radical (unpaired) electrons. The highest BCUT2D eigenvalue weighted by Crippen LogP contribution is 2.55. The molecule has 4 aliphatic rings. The number of carbonyl (C=O) groups excluding carboxylic acids is 3. The second-order valence-electron chi connectivity index (χ2n) is 11.1. The Labute approximate surface area is 240 Å². The number of benzene rings is 2. The zero-order valence-electron chi connectivity index (χ0n) is 22.8. The van der Waals surface area contributed by atoms with E-state index in [-0.39, 0.29) is 57.7 Å². The van der Waals surface area contributed by atoms with Crippen molar-refractivity contribution in [1.82, 2.24) is 9.88 Å². The van der Waals surface area contributed by atoms with Crippen molar-refractivity contribution >= 4 is 40.0 Å². The number of allylic oxidation sites excluding steroid dienone is 1. The number of hydrogen-bond donors (Lipinski definition) is 1. The predicted octanol–water partition coefficient (Wildman–Crippen LogP) is 4.10. The summed E-state index contributed by atoms with van der Waals surface area (Å²) in [5.41, 5.74) is 0.907. The van der Waals surface area contributed by atoms with Gasteiger partial charge >= 0.3 is 0 Å². The zero-order chi connectivity index (χ0) is 28.8. The Morgan fingerprint density at radius 1 is 1.05 bits per heavy atom. The van der Waals surface area contributed by atoms with Crippen LogP contribution in [0.5, 0.6) is 17.2 Å². The first-order valence-electron chi connectivity index (χ1n) is 13.6. The zero-order valence-corrected chi connectivity index (χ0v) is 23.5. The Kier molecular flexibility index (Phi) is 5.64. The van der Waals surface area contributed by atoms with Crippen LogP contribution in [-0.2, 0) is 22.6 Å². The molecule has 1 spiro atoms. The van der Waals surface area contributed by atoms with Crippen molar-refractivity contribution in [3.8, 4) is 17.2 Å². The van der Waals surface area contributed by atoms with Gasteiger partial charge in [0.15, 0.2) is 5.75 Å². The number of rotatable bonds is 3. The lowest BCUT2D eigenvalue weighted by molar-refractivity contribution is -0.131. The lowest BCUT2D eigenvalue weighted by atomic mass is 9.66. The number of ketones is 2. The third-order valence-corrected chi connectivity index (χ3v) is 9.34. The summed E-state index contributed by atoms with van der Waals surface area (Å²) in [6.45, 7) is 2.28. The molecule has 1 amide bonds. The molecule has 10 heteroatoms. The monoisotopic (exact) mass is 574 g/mol. The summed E-state index contributed by atoms with van der Waals surface area (Å²) in [6, 6.07) is 9.21. The van der Waals surface area contributed by atoms with Gasteiger partial charge in [0, 0.05) is 47.7 Å². The van der Waals surface area contributed by atoms with Gasteiger partial charge in [0.1, 0.15) is 22.1 Å². The highest BCUT2D eigenvalue weighted by atomic mass is 35.5. The normalized spacial score (nSPS) is 24.7. The molecule has 210 valence electrons. The number of Topliss-reactive ketones (excluding diaryl/α,β-unsaturated/α-hetero) is 2. The van der Waals surface area contributed by atoms with E-state index < -0.39 is 29.0 Å². The molecule has 7 rings (SSSR count). The van der Waals surface area contributed by atoms with Crippen molar-refractivity contribution in [1.29, 1.82) is 0 Å². The lowest BCUT2D eigenvalue weighted by Gasteiger charge is -2.41. The van der Waals surface area contributed by atoms with Gasteiger partial charge in [-0.15, -0.1) is 0 Å². The first-order chi connectivity index (χ1) is 19.7. The number of fused-ring (bicyclic) bond motifs is 1. The first-order valence-corrected chi connectivity index (χ1v) is 14.0. The van der Waals surface area contributed by atoms with E-state index in [1.807, 2.05) is 18.2 Å². The minimum atomic E-state index is -1.93. The van der Waals surface area contributed by atoms with Gasteiger partial charge in [0.2, 0.25) is 23.1 Å². The number of aryl methyl sites for hydroxylation is 2. The van der Waals surface area contributed by atoms with E-state index in [0.29, 0.717) is 17.8 Å². The highest BCUT2D eigenvalue weighted by Gasteiger charge is 2.63. The Balaban J connectivity index is 1.41. The lowest BCUT2D eigenvalue weighted by Crippen LogP contribution is -2.59. The summed E-state index contributed by atoms with van der Waals surface area (Å²) in [7, 11) is 2.84. The van der Waals surface area contributed by atoms with Crippen LogP contribution < -0.4 is 25.1 Å². The number of para-hydroxylation sites is 1. The molecular weight excluding hydrogens is 548 g/mol. The van der Waals surface area contributed by atoms with Gasteiger partial charge in [-0.1, -0.05) is 36.7 Å². The number of carbonyl (C=O) groups is 3. The number of halogens is 1. The number of ether oxygens (including phenoxy) is 3. The summed E-state index contributed by atoms with van der Waals surface area (Å²) >= 11 is 6.57. The molecule has 2 aromatic carbocycles. The predicted molar refractivity (Wildman–Crippen MR) is 150 cm³/mol. The first kappa shape index (κ1) is 25.8. The number of pyridine rings is 1. The molecule has 9 nitrogen and oxygen atoms in total. The van der Waals surface area contributed by atoms with E-state index in [1.54, 1.807) is 17.6 Å². The number of methoxy groups -OCH3 is 2. The van der Waals surface area contributed by atoms with E-state index >= 15 is 0 Å². The number of aromatic nitrogens is 1. The topological polar surface area (TPSA) is 113 Å². The minimum absolute atomic E-state index is 0.0243. The average Bonchev–Trinajstić information content (AvgIpc) is 3.28. The van der Waals surface area contributed by atoms with Crippen LogP contribution in [0.4, 0.5) is 0 Å². The number of nitrogens with one attached hydrogen (secondary N) is 1. The van der Waals surface area contributed by atoms with Crippen LogP contribution in [0, 0.1) is 5.92 Å². The maximum Gasteiger partial charge on any atom is 0.254 e.